The first-order valence-corrected chi connectivity index (χ1v) is 7.02. The molecule has 0 spiro atoms. The van der Waals surface area contributed by atoms with Gasteiger partial charge in [-0.2, -0.15) is 0 Å². The summed E-state index contributed by atoms with van der Waals surface area (Å²) in [6.07, 6.45) is 9.02. The van der Waals surface area contributed by atoms with Crippen molar-refractivity contribution in [3.8, 4) is 0 Å². The van der Waals surface area contributed by atoms with E-state index in [4.69, 9.17) is 8.83 Å². The Bertz CT molecular complexity index is 538. The fourth-order valence-electron chi connectivity index (χ4n) is 1.95. The highest BCUT2D eigenvalue weighted by atomic mass is 32.2. The standard InChI is InChI=1S/C16H18O2S/c1-5-7-13-9-17-11(3)15(13)19-16-12(4)18-10-14(16)8-6-2/h5-6,9-10H,1-2,7-8H2,3-4H3. The van der Waals surface area contributed by atoms with Crippen LogP contribution in [0.3, 0.4) is 0 Å². The highest BCUT2D eigenvalue weighted by Crippen LogP contribution is 2.39. The molecule has 0 aliphatic rings. The summed E-state index contributed by atoms with van der Waals surface area (Å²) in [5.41, 5.74) is 2.34. The summed E-state index contributed by atoms with van der Waals surface area (Å²) in [6.45, 7) is 11.5. The van der Waals surface area contributed by atoms with E-state index in [0.29, 0.717) is 0 Å². The second kappa shape index (κ2) is 6.02. The minimum atomic E-state index is 0.813. The molecule has 0 saturated carbocycles. The van der Waals surface area contributed by atoms with Gasteiger partial charge in [0, 0.05) is 11.1 Å². The van der Waals surface area contributed by atoms with Crippen LogP contribution in [0.4, 0.5) is 0 Å². The van der Waals surface area contributed by atoms with Gasteiger partial charge >= 0.3 is 0 Å². The van der Waals surface area contributed by atoms with Crippen LogP contribution in [0.25, 0.3) is 0 Å². The van der Waals surface area contributed by atoms with Gasteiger partial charge in [-0.15, -0.1) is 13.2 Å². The number of aryl methyl sites for hydroxylation is 2. The highest BCUT2D eigenvalue weighted by molar-refractivity contribution is 7.99. The van der Waals surface area contributed by atoms with Crippen molar-refractivity contribution in [2.24, 2.45) is 0 Å². The maximum atomic E-state index is 5.52. The molecule has 2 heterocycles. The van der Waals surface area contributed by atoms with Crippen LogP contribution in [-0.4, -0.2) is 0 Å². The molecule has 19 heavy (non-hydrogen) atoms. The normalized spacial score (nSPS) is 10.6. The van der Waals surface area contributed by atoms with Gasteiger partial charge in [0.25, 0.3) is 0 Å². The zero-order valence-corrected chi connectivity index (χ0v) is 12.2. The first-order valence-electron chi connectivity index (χ1n) is 6.21. The highest BCUT2D eigenvalue weighted by Gasteiger charge is 2.16. The lowest BCUT2D eigenvalue weighted by Gasteiger charge is -2.04. The Hall–Kier alpha value is -1.61. The van der Waals surface area contributed by atoms with Crippen molar-refractivity contribution in [2.75, 3.05) is 0 Å². The van der Waals surface area contributed by atoms with E-state index < -0.39 is 0 Å². The van der Waals surface area contributed by atoms with E-state index in [2.05, 4.69) is 13.2 Å². The lowest BCUT2D eigenvalue weighted by molar-refractivity contribution is 0.524. The molecule has 0 N–H and O–H groups in total. The molecular formula is C16H18O2S. The van der Waals surface area contributed by atoms with Gasteiger partial charge in [-0.3, -0.25) is 0 Å². The lowest BCUT2D eigenvalue weighted by atomic mass is 10.2. The molecule has 0 saturated heterocycles. The molecule has 0 bridgehead atoms. The quantitative estimate of drug-likeness (QED) is 0.686. The third kappa shape index (κ3) is 2.87. The number of furan rings is 2. The summed E-state index contributed by atoms with van der Waals surface area (Å²) < 4.78 is 11.0. The van der Waals surface area contributed by atoms with E-state index in [1.165, 1.54) is 11.1 Å². The van der Waals surface area contributed by atoms with Gasteiger partial charge in [0.05, 0.1) is 22.3 Å². The van der Waals surface area contributed by atoms with Gasteiger partial charge in [-0.05, 0) is 26.7 Å². The first-order chi connectivity index (χ1) is 9.17. The van der Waals surface area contributed by atoms with Crippen LogP contribution in [0.2, 0.25) is 0 Å². The van der Waals surface area contributed by atoms with Crippen LogP contribution in [0.1, 0.15) is 22.6 Å². The molecular weight excluding hydrogens is 256 g/mol. The summed E-state index contributed by atoms with van der Waals surface area (Å²) in [4.78, 5) is 2.32. The third-order valence-electron chi connectivity index (χ3n) is 2.91. The van der Waals surface area contributed by atoms with E-state index in [-0.39, 0.29) is 0 Å². The zero-order valence-electron chi connectivity index (χ0n) is 11.4. The van der Waals surface area contributed by atoms with E-state index in [9.17, 15) is 0 Å². The summed E-state index contributed by atoms with van der Waals surface area (Å²) in [7, 11) is 0. The predicted octanol–water partition coefficient (Wildman–Crippen LogP) is 5.10. The fourth-order valence-corrected chi connectivity index (χ4v) is 3.07. The molecule has 0 aromatic carbocycles. The Labute approximate surface area is 118 Å². The minimum absolute atomic E-state index is 0.813. The average molecular weight is 274 g/mol. The minimum Gasteiger partial charge on any atom is -0.468 e. The molecule has 2 aromatic rings. The lowest BCUT2D eigenvalue weighted by Crippen LogP contribution is -1.86. The largest absolute Gasteiger partial charge is 0.468 e. The third-order valence-corrected chi connectivity index (χ3v) is 4.42. The number of allylic oxidation sites excluding steroid dienone is 2. The number of hydrogen-bond acceptors (Lipinski definition) is 3. The topological polar surface area (TPSA) is 26.3 Å². The summed E-state index contributed by atoms with van der Waals surface area (Å²) in [5, 5.41) is 0. The van der Waals surface area contributed by atoms with Crippen LogP contribution in [0.15, 0.2) is 56.5 Å². The van der Waals surface area contributed by atoms with Crippen molar-refractivity contribution in [3.05, 3.63) is 60.5 Å². The number of rotatable bonds is 6. The Kier molecular flexibility index (Phi) is 4.38. The summed E-state index contributed by atoms with van der Waals surface area (Å²) >= 11 is 1.70. The molecule has 0 atom stereocenters. The van der Waals surface area contributed by atoms with Gasteiger partial charge in [0.1, 0.15) is 11.5 Å². The Morgan fingerprint density at radius 1 is 0.947 bits per heavy atom. The summed E-state index contributed by atoms with van der Waals surface area (Å²) in [5.74, 6) is 1.87. The maximum Gasteiger partial charge on any atom is 0.114 e. The van der Waals surface area contributed by atoms with Gasteiger partial charge < -0.3 is 8.83 Å². The second-order valence-corrected chi connectivity index (χ2v) is 5.40. The van der Waals surface area contributed by atoms with Crippen molar-refractivity contribution in [2.45, 2.75) is 36.5 Å². The molecule has 0 aliphatic heterocycles. The van der Waals surface area contributed by atoms with E-state index in [1.807, 2.05) is 38.5 Å². The van der Waals surface area contributed by atoms with Crippen LogP contribution in [0, 0.1) is 13.8 Å². The first kappa shape index (κ1) is 13.8. The molecule has 0 radical (unpaired) electrons. The van der Waals surface area contributed by atoms with E-state index in [0.717, 1.165) is 34.2 Å². The molecule has 0 unspecified atom stereocenters. The van der Waals surface area contributed by atoms with Crippen LogP contribution < -0.4 is 0 Å². The zero-order chi connectivity index (χ0) is 13.8. The maximum absolute atomic E-state index is 5.52. The van der Waals surface area contributed by atoms with Crippen LogP contribution >= 0.6 is 11.8 Å². The van der Waals surface area contributed by atoms with Gasteiger partial charge in [0.15, 0.2) is 0 Å². The molecule has 0 amide bonds. The van der Waals surface area contributed by atoms with E-state index >= 15 is 0 Å². The van der Waals surface area contributed by atoms with Crippen molar-refractivity contribution >= 4 is 11.8 Å². The second-order valence-electron chi connectivity index (χ2n) is 4.38. The van der Waals surface area contributed by atoms with Crippen molar-refractivity contribution in [3.63, 3.8) is 0 Å². The fraction of sp³-hybridized carbons (Fsp3) is 0.250. The SMILES string of the molecule is C=CCc1coc(C)c1Sc1c(CC=C)coc1C. The molecule has 100 valence electrons. The number of hydrogen-bond donors (Lipinski definition) is 0. The smallest absolute Gasteiger partial charge is 0.114 e. The van der Waals surface area contributed by atoms with Gasteiger partial charge in [-0.1, -0.05) is 23.9 Å². The summed E-state index contributed by atoms with van der Waals surface area (Å²) in [6, 6.07) is 0. The van der Waals surface area contributed by atoms with Crippen LogP contribution in [-0.2, 0) is 12.8 Å². The molecule has 0 aliphatic carbocycles. The van der Waals surface area contributed by atoms with Crippen molar-refractivity contribution in [1.82, 2.24) is 0 Å². The molecule has 3 heteroatoms. The Morgan fingerprint density at radius 3 is 1.74 bits per heavy atom. The molecule has 2 nitrogen and oxygen atoms in total. The Balaban J connectivity index is 2.35. The average Bonchev–Trinajstić information content (AvgIpc) is 2.90. The van der Waals surface area contributed by atoms with E-state index in [1.54, 1.807) is 11.8 Å². The molecule has 2 rings (SSSR count). The molecule has 0 fully saturated rings. The van der Waals surface area contributed by atoms with Crippen LogP contribution in [0.5, 0.6) is 0 Å². The van der Waals surface area contributed by atoms with Gasteiger partial charge in [-0.25, -0.2) is 0 Å². The van der Waals surface area contributed by atoms with Gasteiger partial charge in [0.2, 0.25) is 0 Å². The van der Waals surface area contributed by atoms with Crippen molar-refractivity contribution < 1.29 is 8.83 Å². The molecule has 2 aromatic heterocycles. The predicted molar refractivity (Wildman–Crippen MR) is 78.8 cm³/mol. The van der Waals surface area contributed by atoms with Crippen molar-refractivity contribution in [1.29, 1.82) is 0 Å². The Morgan fingerprint density at radius 2 is 1.37 bits per heavy atom. The monoisotopic (exact) mass is 274 g/mol.